The number of rotatable bonds is 3. The Morgan fingerprint density at radius 2 is 0.581 bits per heavy atom. The first-order valence-electron chi connectivity index (χ1n) is 7.66. The lowest BCUT2D eigenvalue weighted by Crippen LogP contribution is -1.95. The van der Waals surface area contributed by atoms with Gasteiger partial charge < -0.3 is 40.9 Å². The second kappa shape index (κ2) is 40.8. The molecule has 0 bridgehead atoms. The highest BCUT2D eigenvalue weighted by Gasteiger charge is 1.91. The van der Waals surface area contributed by atoms with E-state index in [1.165, 1.54) is 0 Å². The molecular formula is C16H32O15. The lowest BCUT2D eigenvalue weighted by Gasteiger charge is -1.85. The van der Waals surface area contributed by atoms with Crippen LogP contribution in [0.4, 0.5) is 0 Å². The number of hydrogen-bond acceptors (Lipinski definition) is 8. The SMILES string of the molecule is CC(=O)O.CC(=O)O.CC(=O)O.CC(=O)O.CC(=O)O.CC(=O)O.O=C(O)CCCO. The van der Waals surface area contributed by atoms with Crippen molar-refractivity contribution in [2.75, 3.05) is 6.61 Å². The second-order valence-corrected chi connectivity index (χ2v) is 4.34. The molecule has 0 aromatic heterocycles. The molecule has 15 nitrogen and oxygen atoms in total. The monoisotopic (exact) mass is 464 g/mol. The first kappa shape index (κ1) is 45.8. The summed E-state index contributed by atoms with van der Waals surface area (Å²) < 4.78 is 0. The number of hydrogen-bond donors (Lipinski definition) is 8. The van der Waals surface area contributed by atoms with Crippen LogP contribution in [0.5, 0.6) is 0 Å². The van der Waals surface area contributed by atoms with Crippen molar-refractivity contribution in [3.8, 4) is 0 Å². The van der Waals surface area contributed by atoms with Crippen molar-refractivity contribution in [1.29, 1.82) is 0 Å². The molecule has 0 aromatic rings. The average molecular weight is 464 g/mol. The van der Waals surface area contributed by atoms with Gasteiger partial charge in [-0.1, -0.05) is 0 Å². The van der Waals surface area contributed by atoms with E-state index in [2.05, 4.69) is 0 Å². The molecule has 0 atom stereocenters. The van der Waals surface area contributed by atoms with Gasteiger partial charge in [0.2, 0.25) is 0 Å². The molecule has 0 aromatic carbocycles. The van der Waals surface area contributed by atoms with Crippen LogP contribution in [-0.2, 0) is 33.6 Å². The van der Waals surface area contributed by atoms with Crippen LogP contribution in [0.25, 0.3) is 0 Å². The van der Waals surface area contributed by atoms with Gasteiger partial charge in [0.15, 0.2) is 0 Å². The topological polar surface area (TPSA) is 281 Å². The highest BCUT2D eigenvalue weighted by atomic mass is 16.4. The smallest absolute Gasteiger partial charge is 0.303 e. The van der Waals surface area contributed by atoms with Crippen LogP contribution in [0.2, 0.25) is 0 Å². The molecule has 15 heteroatoms. The third-order valence-corrected chi connectivity index (χ3v) is 0.549. The Labute approximate surface area is 178 Å². The first-order valence-corrected chi connectivity index (χ1v) is 7.66. The molecule has 0 radical (unpaired) electrons. The number of carbonyl (C=O) groups is 7. The number of carboxylic acid groups (broad SMARTS) is 7. The highest BCUT2D eigenvalue weighted by molar-refractivity contribution is 5.66. The highest BCUT2D eigenvalue weighted by Crippen LogP contribution is 1.83. The van der Waals surface area contributed by atoms with E-state index in [9.17, 15) is 4.79 Å². The Morgan fingerprint density at radius 3 is 0.613 bits per heavy atom. The summed E-state index contributed by atoms with van der Waals surface area (Å²) in [7, 11) is 0. The summed E-state index contributed by atoms with van der Waals surface area (Å²) in [5.41, 5.74) is 0. The maximum atomic E-state index is 9.65. The van der Waals surface area contributed by atoms with Crippen LogP contribution < -0.4 is 0 Å². The second-order valence-electron chi connectivity index (χ2n) is 4.34. The fraction of sp³-hybridized carbons (Fsp3) is 0.562. The van der Waals surface area contributed by atoms with Gasteiger partial charge in [0.05, 0.1) is 0 Å². The summed E-state index contributed by atoms with van der Waals surface area (Å²) in [5, 5.41) is 60.5. The normalized spacial score (nSPS) is 6.81. The maximum absolute atomic E-state index is 9.65. The largest absolute Gasteiger partial charge is 0.481 e. The Hall–Kier alpha value is -3.75. The molecule has 0 saturated heterocycles. The minimum Gasteiger partial charge on any atom is -0.481 e. The predicted molar refractivity (Wildman–Crippen MR) is 104 cm³/mol. The molecular weight excluding hydrogens is 432 g/mol. The Bertz CT molecular complexity index is 380. The van der Waals surface area contributed by atoms with Crippen LogP contribution in [0.15, 0.2) is 0 Å². The minimum atomic E-state index is -0.853. The van der Waals surface area contributed by atoms with E-state index in [1.807, 2.05) is 0 Å². The number of aliphatic carboxylic acids is 7. The van der Waals surface area contributed by atoms with Crippen molar-refractivity contribution in [2.24, 2.45) is 0 Å². The van der Waals surface area contributed by atoms with Crippen LogP contribution in [0.1, 0.15) is 54.4 Å². The van der Waals surface area contributed by atoms with E-state index in [0.29, 0.717) is 6.42 Å². The van der Waals surface area contributed by atoms with Crippen molar-refractivity contribution in [2.45, 2.75) is 54.4 Å². The van der Waals surface area contributed by atoms with Crippen LogP contribution in [0, 0.1) is 0 Å². The van der Waals surface area contributed by atoms with Crippen LogP contribution >= 0.6 is 0 Å². The molecule has 0 unspecified atom stereocenters. The lowest BCUT2D eigenvalue weighted by molar-refractivity contribution is -0.138. The molecule has 0 aliphatic rings. The molecule has 0 amide bonds. The zero-order valence-electron chi connectivity index (χ0n) is 18.1. The van der Waals surface area contributed by atoms with E-state index < -0.39 is 41.8 Å². The van der Waals surface area contributed by atoms with Gasteiger partial charge in [-0.05, 0) is 6.42 Å². The lowest BCUT2D eigenvalue weighted by atomic mass is 10.3. The minimum absolute atomic E-state index is 0.0354. The van der Waals surface area contributed by atoms with Crippen molar-refractivity contribution in [3.05, 3.63) is 0 Å². The zero-order chi connectivity index (χ0) is 27.2. The molecule has 0 aliphatic heterocycles. The van der Waals surface area contributed by atoms with Gasteiger partial charge in [-0.25, -0.2) is 0 Å². The first-order chi connectivity index (χ1) is 13.7. The fourth-order valence-electron chi connectivity index (χ4n) is 0.230. The van der Waals surface area contributed by atoms with E-state index in [-0.39, 0.29) is 13.0 Å². The van der Waals surface area contributed by atoms with Gasteiger partial charge >= 0.3 is 5.97 Å². The quantitative estimate of drug-likeness (QED) is 0.280. The van der Waals surface area contributed by atoms with E-state index >= 15 is 0 Å². The third-order valence-electron chi connectivity index (χ3n) is 0.549. The van der Waals surface area contributed by atoms with Crippen LogP contribution in [-0.4, -0.2) is 89.2 Å². The van der Waals surface area contributed by atoms with E-state index in [4.69, 9.17) is 69.6 Å². The maximum Gasteiger partial charge on any atom is 0.303 e. The number of carboxylic acids is 7. The van der Waals surface area contributed by atoms with Crippen molar-refractivity contribution < 1.29 is 74.4 Å². The molecule has 186 valence electrons. The molecule has 0 saturated carbocycles. The standard InChI is InChI=1S/C4H8O3.6C2H4O2/c5-3-1-2-4(6)7;6*1-2(3)4/h5H,1-3H2,(H,6,7);6*1H3,(H,3,4). The predicted octanol–water partition coefficient (Wildman–Crippen LogP) is 0.389. The molecule has 8 N–H and O–H groups in total. The summed E-state index contributed by atoms with van der Waals surface area (Å²) in [6, 6.07) is 0. The van der Waals surface area contributed by atoms with Gasteiger partial charge in [0.1, 0.15) is 0 Å². The van der Waals surface area contributed by atoms with Crippen molar-refractivity contribution in [3.63, 3.8) is 0 Å². The molecule has 31 heavy (non-hydrogen) atoms. The number of aliphatic hydroxyl groups excluding tert-OH is 1. The van der Waals surface area contributed by atoms with Gasteiger partial charge in [-0.3, -0.25) is 33.6 Å². The van der Waals surface area contributed by atoms with Gasteiger partial charge in [-0.15, -0.1) is 0 Å². The summed E-state index contributed by atoms with van der Waals surface area (Å²) in [6.45, 7) is 6.46. The molecule has 0 spiro atoms. The molecule has 0 rings (SSSR count). The molecule has 0 heterocycles. The number of aliphatic hydroxyl groups is 1. The van der Waals surface area contributed by atoms with Crippen molar-refractivity contribution in [1.82, 2.24) is 0 Å². The Kier molecular flexibility index (Phi) is 60.3. The Balaban J connectivity index is -0.0000000440. The molecule has 0 fully saturated rings. The summed E-state index contributed by atoms with van der Waals surface area (Å²) in [4.78, 5) is 63.6. The van der Waals surface area contributed by atoms with Crippen LogP contribution in [0.3, 0.4) is 0 Å². The van der Waals surface area contributed by atoms with Gasteiger partial charge in [0, 0.05) is 54.6 Å². The van der Waals surface area contributed by atoms with Crippen molar-refractivity contribution >= 4 is 41.8 Å². The summed E-state index contributed by atoms with van der Waals surface area (Å²) in [5.74, 6) is -5.85. The van der Waals surface area contributed by atoms with E-state index in [1.54, 1.807) is 0 Å². The van der Waals surface area contributed by atoms with E-state index in [0.717, 1.165) is 41.5 Å². The Morgan fingerprint density at radius 1 is 0.452 bits per heavy atom. The van der Waals surface area contributed by atoms with Gasteiger partial charge in [-0.2, -0.15) is 0 Å². The fourth-order valence-corrected chi connectivity index (χ4v) is 0.230. The van der Waals surface area contributed by atoms with Gasteiger partial charge in [0.25, 0.3) is 35.8 Å². The third kappa shape index (κ3) is 247000. The average Bonchev–Trinajstić information content (AvgIpc) is 2.41. The zero-order valence-corrected chi connectivity index (χ0v) is 18.1. The molecule has 0 aliphatic carbocycles. The summed E-state index contributed by atoms with van der Waals surface area (Å²) >= 11 is 0. The summed E-state index contributed by atoms with van der Waals surface area (Å²) in [6.07, 6.45) is 0.422.